The van der Waals surface area contributed by atoms with Crippen LogP contribution >= 0.6 is 21.8 Å². The molecule has 0 aromatic heterocycles. The number of piperazine rings is 1. The fourth-order valence-corrected chi connectivity index (χ4v) is 3.15. The molecule has 1 rings (SSSR count). The molecule has 5 heteroatoms. The van der Waals surface area contributed by atoms with Crippen LogP contribution in [0.3, 0.4) is 0 Å². The lowest BCUT2D eigenvalue weighted by molar-refractivity contribution is 0.0527. The van der Waals surface area contributed by atoms with E-state index in [1.54, 1.807) is 0 Å². The maximum atomic E-state index is 5.55. The van der Waals surface area contributed by atoms with Gasteiger partial charge in [-0.1, -0.05) is 10.8 Å². The van der Waals surface area contributed by atoms with Crippen LogP contribution in [0.15, 0.2) is 0 Å². The van der Waals surface area contributed by atoms with E-state index in [2.05, 4.69) is 29.3 Å². The van der Waals surface area contributed by atoms with Crippen LogP contribution in [-0.2, 0) is 4.74 Å². The Balaban J connectivity index is 2.04. The number of hydrogen-bond acceptors (Lipinski definition) is 5. The third-order valence-corrected chi connectivity index (χ3v) is 4.17. The van der Waals surface area contributed by atoms with Crippen molar-refractivity contribution >= 4 is 21.8 Å². The summed E-state index contributed by atoms with van der Waals surface area (Å²) >= 11 is 0. The molecule has 0 bridgehead atoms. The Hall–Kier alpha value is 0.580. The summed E-state index contributed by atoms with van der Waals surface area (Å²) in [6.07, 6.45) is 2.49. The molecule has 1 heterocycles. The van der Waals surface area contributed by atoms with E-state index in [-0.39, 0.29) is 0 Å². The number of ether oxygens (including phenoxy) is 1. The van der Waals surface area contributed by atoms with Gasteiger partial charge in [-0.3, -0.25) is 4.90 Å². The van der Waals surface area contributed by atoms with Crippen molar-refractivity contribution in [2.45, 2.75) is 20.0 Å². The molecule has 3 nitrogen and oxygen atoms in total. The minimum atomic E-state index is 0.360. The molecule has 0 unspecified atom stereocenters. The number of nitrogens with zero attached hydrogens (tertiary/aromatic N) is 2. The smallest absolute Gasteiger partial charge is 0.0596 e. The van der Waals surface area contributed by atoms with Gasteiger partial charge in [-0.25, -0.2) is 4.31 Å². The lowest BCUT2D eigenvalue weighted by atomic mass is 10.3. The zero-order valence-electron chi connectivity index (χ0n) is 9.94. The van der Waals surface area contributed by atoms with Crippen LogP contribution in [0.2, 0.25) is 0 Å². The molecule has 0 N–H and O–H groups in total. The fraction of sp³-hybridized carbons (Fsp3) is 1.00. The highest BCUT2D eigenvalue weighted by molar-refractivity contribution is 8.75. The molecular formula is C10H22N2OS2. The van der Waals surface area contributed by atoms with E-state index in [9.17, 15) is 0 Å². The van der Waals surface area contributed by atoms with Crippen molar-refractivity contribution in [2.24, 2.45) is 0 Å². The Kier molecular flexibility index (Phi) is 7.08. The minimum Gasteiger partial charge on any atom is -0.377 e. The Bertz CT molecular complexity index is 162. The van der Waals surface area contributed by atoms with Gasteiger partial charge in [0.15, 0.2) is 0 Å². The second-order valence-corrected chi connectivity index (χ2v) is 6.38. The van der Waals surface area contributed by atoms with Gasteiger partial charge >= 0.3 is 0 Å². The van der Waals surface area contributed by atoms with Crippen LogP contribution in [0.25, 0.3) is 0 Å². The Morgan fingerprint density at radius 1 is 1.20 bits per heavy atom. The van der Waals surface area contributed by atoms with E-state index in [1.165, 1.54) is 26.2 Å². The molecule has 0 aliphatic carbocycles. The first-order valence-corrected chi connectivity index (χ1v) is 8.03. The Morgan fingerprint density at radius 3 is 2.40 bits per heavy atom. The molecule has 90 valence electrons. The van der Waals surface area contributed by atoms with Gasteiger partial charge in [-0.05, 0) is 31.1 Å². The van der Waals surface area contributed by atoms with Crippen molar-refractivity contribution in [1.29, 1.82) is 0 Å². The molecule has 1 aliphatic heterocycles. The summed E-state index contributed by atoms with van der Waals surface area (Å²) < 4.78 is 7.99. The van der Waals surface area contributed by atoms with E-state index in [1.807, 2.05) is 21.8 Å². The first-order valence-electron chi connectivity index (χ1n) is 5.52. The molecule has 0 aromatic carbocycles. The molecule has 0 amide bonds. The van der Waals surface area contributed by atoms with Crippen molar-refractivity contribution in [3.05, 3.63) is 0 Å². The summed E-state index contributed by atoms with van der Waals surface area (Å²) in [6, 6.07) is 0. The van der Waals surface area contributed by atoms with Gasteiger partial charge in [-0.2, -0.15) is 0 Å². The monoisotopic (exact) mass is 250 g/mol. The van der Waals surface area contributed by atoms with E-state index in [0.717, 1.165) is 13.2 Å². The molecule has 0 atom stereocenters. The second-order valence-electron chi connectivity index (χ2n) is 3.93. The standard InChI is InChI=1S/C10H22N2OS2/c1-10(2)13-9-8-11-4-6-12(7-5-11)15-14-3/h10H,4-9H2,1-3H3. The normalized spacial score (nSPS) is 20.0. The predicted octanol–water partition coefficient (Wildman–Crippen LogP) is 1.96. The summed E-state index contributed by atoms with van der Waals surface area (Å²) in [5, 5.41) is 0. The molecule has 1 aliphatic rings. The van der Waals surface area contributed by atoms with Gasteiger partial charge in [0, 0.05) is 32.7 Å². The average Bonchev–Trinajstić information content (AvgIpc) is 2.20. The highest BCUT2D eigenvalue weighted by Crippen LogP contribution is 2.23. The quantitative estimate of drug-likeness (QED) is 0.527. The van der Waals surface area contributed by atoms with Crippen LogP contribution in [0.1, 0.15) is 13.8 Å². The molecule has 0 saturated carbocycles. The first-order chi connectivity index (χ1) is 7.22. The van der Waals surface area contributed by atoms with Crippen LogP contribution in [0, 0.1) is 0 Å². The molecule has 1 fully saturated rings. The Labute approximate surface area is 101 Å². The summed E-state index contributed by atoms with van der Waals surface area (Å²) in [5.74, 6) is 0. The molecule has 1 saturated heterocycles. The van der Waals surface area contributed by atoms with Gasteiger partial charge in [0.05, 0.1) is 12.7 Å². The van der Waals surface area contributed by atoms with Crippen molar-refractivity contribution in [3.8, 4) is 0 Å². The maximum Gasteiger partial charge on any atom is 0.0596 e. The van der Waals surface area contributed by atoms with Crippen LogP contribution < -0.4 is 0 Å². The van der Waals surface area contributed by atoms with E-state index >= 15 is 0 Å². The van der Waals surface area contributed by atoms with Gasteiger partial charge in [-0.15, -0.1) is 0 Å². The van der Waals surface area contributed by atoms with Crippen molar-refractivity contribution in [3.63, 3.8) is 0 Å². The van der Waals surface area contributed by atoms with Crippen LogP contribution in [-0.4, -0.2) is 60.9 Å². The highest BCUT2D eigenvalue weighted by atomic mass is 33.1. The predicted molar refractivity (Wildman–Crippen MR) is 70.2 cm³/mol. The van der Waals surface area contributed by atoms with E-state index in [0.29, 0.717) is 6.10 Å². The summed E-state index contributed by atoms with van der Waals surface area (Å²) in [7, 11) is 3.71. The Morgan fingerprint density at radius 2 is 1.87 bits per heavy atom. The molecule has 0 radical (unpaired) electrons. The first kappa shape index (κ1) is 13.6. The van der Waals surface area contributed by atoms with E-state index in [4.69, 9.17) is 4.74 Å². The SMILES string of the molecule is CSSN1CCN(CCOC(C)C)CC1. The van der Waals surface area contributed by atoms with Crippen molar-refractivity contribution in [2.75, 3.05) is 45.6 Å². The zero-order valence-corrected chi connectivity index (χ0v) is 11.6. The zero-order chi connectivity index (χ0) is 11.1. The van der Waals surface area contributed by atoms with Crippen molar-refractivity contribution < 1.29 is 4.74 Å². The minimum absolute atomic E-state index is 0.360. The summed E-state index contributed by atoms with van der Waals surface area (Å²) in [4.78, 5) is 2.49. The summed E-state index contributed by atoms with van der Waals surface area (Å²) in [6.45, 7) is 10.8. The lowest BCUT2D eigenvalue weighted by Gasteiger charge is -2.33. The third kappa shape index (κ3) is 6.02. The van der Waals surface area contributed by atoms with Gasteiger partial charge in [0.25, 0.3) is 0 Å². The van der Waals surface area contributed by atoms with Gasteiger partial charge in [0.1, 0.15) is 0 Å². The molecule has 0 aromatic rings. The third-order valence-electron chi connectivity index (χ3n) is 2.37. The fourth-order valence-electron chi connectivity index (χ4n) is 1.55. The molecule has 15 heavy (non-hydrogen) atoms. The van der Waals surface area contributed by atoms with Gasteiger partial charge < -0.3 is 4.74 Å². The average molecular weight is 250 g/mol. The van der Waals surface area contributed by atoms with Crippen LogP contribution in [0.5, 0.6) is 0 Å². The number of rotatable bonds is 6. The lowest BCUT2D eigenvalue weighted by Crippen LogP contribution is -2.44. The topological polar surface area (TPSA) is 15.7 Å². The largest absolute Gasteiger partial charge is 0.377 e. The second kappa shape index (κ2) is 7.79. The maximum absolute atomic E-state index is 5.55. The summed E-state index contributed by atoms with van der Waals surface area (Å²) in [5.41, 5.74) is 0. The number of hydrogen-bond donors (Lipinski definition) is 0. The van der Waals surface area contributed by atoms with Gasteiger partial charge in [0.2, 0.25) is 0 Å². The molecular weight excluding hydrogens is 228 g/mol. The highest BCUT2D eigenvalue weighted by Gasteiger charge is 2.16. The van der Waals surface area contributed by atoms with E-state index < -0.39 is 0 Å². The molecule has 0 spiro atoms. The van der Waals surface area contributed by atoms with Crippen LogP contribution in [0.4, 0.5) is 0 Å². The van der Waals surface area contributed by atoms with Crippen molar-refractivity contribution in [1.82, 2.24) is 9.21 Å².